The number of methoxy groups -OCH3 is 1. The van der Waals surface area contributed by atoms with Gasteiger partial charge in [0.15, 0.2) is 11.5 Å². The van der Waals surface area contributed by atoms with Gasteiger partial charge in [-0.2, -0.15) is 5.10 Å². The average Bonchev–Trinajstić information content (AvgIpc) is 3.09. The molecule has 0 N–H and O–H groups in total. The normalized spacial score (nSPS) is 16.2. The Morgan fingerprint density at radius 1 is 1.17 bits per heavy atom. The van der Waals surface area contributed by atoms with Crippen molar-refractivity contribution in [2.45, 2.75) is 58.9 Å². The number of rotatable bonds is 9. The molecule has 1 fully saturated rings. The fourth-order valence-electron chi connectivity index (χ4n) is 4.70. The van der Waals surface area contributed by atoms with Gasteiger partial charge in [0, 0.05) is 30.8 Å². The number of carbonyl (C=O) groups excluding carboxylic acids is 1. The van der Waals surface area contributed by atoms with Crippen LogP contribution in [0.15, 0.2) is 36.7 Å². The molecule has 7 nitrogen and oxygen atoms in total. The lowest BCUT2D eigenvalue weighted by Crippen LogP contribution is -2.26. The number of carbonyl (C=O) groups is 1. The zero-order chi connectivity index (χ0) is 24.8. The van der Waals surface area contributed by atoms with Crippen LogP contribution >= 0.6 is 0 Å². The molecule has 1 aliphatic heterocycles. The van der Waals surface area contributed by atoms with Gasteiger partial charge in [0.25, 0.3) is 0 Å². The number of ketones is 1. The summed E-state index contributed by atoms with van der Waals surface area (Å²) >= 11 is 0. The van der Waals surface area contributed by atoms with Gasteiger partial charge in [0.1, 0.15) is 5.82 Å². The van der Waals surface area contributed by atoms with Crippen LogP contribution in [-0.4, -0.2) is 45.7 Å². The van der Waals surface area contributed by atoms with Crippen molar-refractivity contribution < 1.29 is 13.9 Å². The lowest BCUT2D eigenvalue weighted by molar-refractivity contribution is -0.120. The van der Waals surface area contributed by atoms with Gasteiger partial charge in [-0.15, -0.1) is 0 Å². The average molecular weight is 480 g/mol. The first-order chi connectivity index (χ1) is 17.0. The highest BCUT2D eigenvalue weighted by Crippen LogP contribution is 2.25. The summed E-state index contributed by atoms with van der Waals surface area (Å²) < 4.78 is 20.7. The van der Waals surface area contributed by atoms with Gasteiger partial charge in [-0.25, -0.2) is 14.4 Å². The van der Waals surface area contributed by atoms with E-state index in [2.05, 4.69) is 21.8 Å². The van der Waals surface area contributed by atoms with Gasteiger partial charge >= 0.3 is 0 Å². The topological polar surface area (TPSA) is 73.1 Å². The number of aromatic nitrogens is 4. The van der Waals surface area contributed by atoms with Crippen LogP contribution in [0.3, 0.4) is 0 Å². The van der Waals surface area contributed by atoms with E-state index in [1.807, 2.05) is 16.8 Å². The third-order valence-electron chi connectivity index (χ3n) is 6.65. The molecule has 4 rings (SSSR count). The van der Waals surface area contributed by atoms with Crippen molar-refractivity contribution in [1.29, 1.82) is 0 Å². The number of hydrogen-bond acceptors (Lipinski definition) is 6. The Kier molecular flexibility index (Phi) is 8.10. The maximum Gasteiger partial charge on any atom is 0.225 e. The number of hydrogen-bond donors (Lipinski definition) is 0. The molecule has 0 aliphatic carbocycles. The number of benzene rings is 1. The molecule has 0 spiro atoms. The summed E-state index contributed by atoms with van der Waals surface area (Å²) in [6, 6.07) is 7.06. The minimum absolute atomic E-state index is 0.200. The van der Waals surface area contributed by atoms with Crippen molar-refractivity contribution in [2.24, 2.45) is 5.92 Å². The molecule has 0 radical (unpaired) electrons. The van der Waals surface area contributed by atoms with Crippen molar-refractivity contribution in [2.75, 3.05) is 25.1 Å². The number of halogens is 1. The van der Waals surface area contributed by atoms with E-state index in [9.17, 15) is 9.18 Å². The third kappa shape index (κ3) is 6.24. The van der Waals surface area contributed by atoms with Crippen molar-refractivity contribution >= 4 is 11.7 Å². The van der Waals surface area contributed by atoms with Gasteiger partial charge in [0.05, 0.1) is 31.7 Å². The highest BCUT2D eigenvalue weighted by molar-refractivity contribution is 5.78. The second-order valence-electron chi connectivity index (χ2n) is 9.34. The van der Waals surface area contributed by atoms with Crippen molar-refractivity contribution in [1.82, 2.24) is 19.7 Å². The fraction of sp³-hybridized carbons (Fsp3) is 0.481. The lowest BCUT2D eigenvalue weighted by Gasteiger charge is -2.20. The van der Waals surface area contributed by atoms with Crippen molar-refractivity contribution in [3.63, 3.8) is 0 Å². The number of anilines is 1. The van der Waals surface area contributed by atoms with E-state index < -0.39 is 0 Å². The SMILES string of the molecule is CCCc1cc(-c2ccc(F)c(C)c2)nn1CC(=O)CC1CCCN(c2ncc(OC)cn2)CC1. The second kappa shape index (κ2) is 11.4. The van der Waals surface area contributed by atoms with Crippen LogP contribution in [0.2, 0.25) is 0 Å². The molecular weight excluding hydrogens is 445 g/mol. The van der Waals surface area contributed by atoms with Crippen molar-refractivity contribution in [3.05, 3.63) is 53.7 Å². The zero-order valence-corrected chi connectivity index (χ0v) is 20.8. The van der Waals surface area contributed by atoms with Crippen LogP contribution in [0.4, 0.5) is 10.3 Å². The summed E-state index contributed by atoms with van der Waals surface area (Å²) in [4.78, 5) is 24.1. The molecule has 1 unspecified atom stereocenters. The first kappa shape index (κ1) is 24.8. The quantitative estimate of drug-likeness (QED) is 0.429. The summed E-state index contributed by atoms with van der Waals surface area (Å²) in [6.45, 7) is 5.86. The molecule has 8 heteroatoms. The monoisotopic (exact) mass is 479 g/mol. The Hall–Kier alpha value is -3.29. The molecule has 1 atom stereocenters. The molecule has 1 aliphatic rings. The van der Waals surface area contributed by atoms with Gasteiger partial charge < -0.3 is 9.64 Å². The standard InChI is InChI=1S/C27H34FN5O2/c1-4-6-22-15-26(21-8-9-25(28)19(2)13-21)31-33(22)18-23(34)14-20-7-5-11-32(12-10-20)27-29-16-24(35-3)17-30-27/h8-9,13,15-17,20H,4-7,10-12,14,18H2,1-3H3. The molecular formula is C27H34FN5O2. The summed E-state index contributed by atoms with van der Waals surface area (Å²) in [5.74, 6) is 1.67. The number of Topliss-reactive ketones (excluding diaryl/α,β-unsaturated/α-hetero) is 1. The first-order valence-electron chi connectivity index (χ1n) is 12.4. The van der Waals surface area contributed by atoms with Crippen LogP contribution in [0.5, 0.6) is 5.75 Å². The van der Waals surface area contributed by atoms with Gasteiger partial charge in [-0.3, -0.25) is 9.48 Å². The van der Waals surface area contributed by atoms with Gasteiger partial charge in [0.2, 0.25) is 5.95 Å². The van der Waals surface area contributed by atoms with Crippen LogP contribution in [0.25, 0.3) is 11.3 Å². The summed E-state index contributed by atoms with van der Waals surface area (Å²) in [5, 5.41) is 4.73. The Morgan fingerprint density at radius 2 is 1.97 bits per heavy atom. The summed E-state index contributed by atoms with van der Waals surface area (Å²) in [5.41, 5.74) is 3.29. The van der Waals surface area contributed by atoms with E-state index in [1.165, 1.54) is 6.07 Å². The maximum atomic E-state index is 13.7. The Bertz CT molecular complexity index is 1140. The molecule has 186 valence electrons. The van der Waals surface area contributed by atoms with E-state index >= 15 is 0 Å². The molecule has 3 heterocycles. The number of ether oxygens (including phenoxy) is 1. The molecule has 2 aromatic heterocycles. The maximum absolute atomic E-state index is 13.7. The first-order valence-corrected chi connectivity index (χ1v) is 12.4. The van der Waals surface area contributed by atoms with Crippen LogP contribution in [-0.2, 0) is 17.8 Å². The Balaban J connectivity index is 1.38. The minimum Gasteiger partial charge on any atom is -0.494 e. The molecule has 0 bridgehead atoms. The van der Waals surface area contributed by atoms with Crippen molar-refractivity contribution in [3.8, 4) is 17.0 Å². The second-order valence-corrected chi connectivity index (χ2v) is 9.34. The van der Waals surface area contributed by atoms with E-state index in [1.54, 1.807) is 32.5 Å². The third-order valence-corrected chi connectivity index (χ3v) is 6.65. The van der Waals surface area contributed by atoms with E-state index in [4.69, 9.17) is 9.84 Å². The number of aryl methyl sites for hydroxylation is 2. The van der Waals surface area contributed by atoms with Crippen LogP contribution < -0.4 is 9.64 Å². The Morgan fingerprint density at radius 3 is 2.69 bits per heavy atom. The molecule has 1 saturated heterocycles. The van der Waals surface area contributed by atoms with Crippen LogP contribution in [0, 0.1) is 18.7 Å². The predicted octanol–water partition coefficient (Wildman–Crippen LogP) is 5.01. The van der Waals surface area contributed by atoms with E-state index in [0.29, 0.717) is 29.6 Å². The Labute approximate surface area is 206 Å². The predicted molar refractivity (Wildman–Crippen MR) is 134 cm³/mol. The molecule has 3 aromatic rings. The smallest absolute Gasteiger partial charge is 0.225 e. The highest BCUT2D eigenvalue weighted by atomic mass is 19.1. The minimum atomic E-state index is -0.224. The largest absolute Gasteiger partial charge is 0.494 e. The molecule has 35 heavy (non-hydrogen) atoms. The van der Waals surface area contributed by atoms with Gasteiger partial charge in [-0.1, -0.05) is 13.3 Å². The fourth-order valence-corrected chi connectivity index (χ4v) is 4.70. The summed E-state index contributed by atoms with van der Waals surface area (Å²) in [6.07, 6.45) is 8.69. The lowest BCUT2D eigenvalue weighted by atomic mass is 9.95. The highest BCUT2D eigenvalue weighted by Gasteiger charge is 2.22. The molecule has 0 amide bonds. The van der Waals surface area contributed by atoms with Gasteiger partial charge in [-0.05, 0) is 68.4 Å². The van der Waals surface area contributed by atoms with Crippen LogP contribution in [0.1, 0.15) is 50.3 Å². The van der Waals surface area contributed by atoms with E-state index in [-0.39, 0.29) is 18.1 Å². The zero-order valence-electron chi connectivity index (χ0n) is 20.8. The van der Waals surface area contributed by atoms with E-state index in [0.717, 1.165) is 62.1 Å². The molecule has 0 saturated carbocycles. The number of nitrogens with zero attached hydrogens (tertiary/aromatic N) is 5. The molecule has 1 aromatic carbocycles. The summed E-state index contributed by atoms with van der Waals surface area (Å²) in [7, 11) is 1.60.